The number of nitrogens with one attached hydrogen (secondary N) is 1. The van der Waals surface area contributed by atoms with Crippen LogP contribution in [-0.4, -0.2) is 58.5 Å². The summed E-state index contributed by atoms with van der Waals surface area (Å²) in [5, 5.41) is 7.43. The van der Waals surface area contributed by atoms with Crippen LogP contribution in [0.2, 0.25) is 0 Å². The molecule has 1 aromatic heterocycles. The molecule has 1 fully saturated rings. The average Bonchev–Trinajstić information content (AvgIpc) is 2.70. The van der Waals surface area contributed by atoms with E-state index in [2.05, 4.69) is 36.1 Å². The quantitative estimate of drug-likeness (QED) is 0.885. The van der Waals surface area contributed by atoms with E-state index in [-0.39, 0.29) is 18.1 Å². The highest BCUT2D eigenvalue weighted by atomic mass is 16.5. The second-order valence-corrected chi connectivity index (χ2v) is 6.81. The van der Waals surface area contributed by atoms with Gasteiger partial charge in [0.25, 0.3) is 0 Å². The van der Waals surface area contributed by atoms with Gasteiger partial charge in [-0.25, -0.2) is 0 Å². The van der Waals surface area contributed by atoms with Crippen molar-refractivity contribution in [2.24, 2.45) is 7.05 Å². The Hall–Kier alpha value is -1.40. The van der Waals surface area contributed by atoms with E-state index < -0.39 is 0 Å². The highest BCUT2D eigenvalue weighted by Gasteiger charge is 2.25. The molecule has 1 aliphatic rings. The number of nitrogens with zero attached hydrogens (tertiary/aromatic N) is 3. The van der Waals surface area contributed by atoms with Crippen LogP contribution < -0.4 is 5.32 Å². The third-order valence-electron chi connectivity index (χ3n) is 4.66. The van der Waals surface area contributed by atoms with Gasteiger partial charge in [0.15, 0.2) is 0 Å². The molecule has 1 aromatic rings. The molecule has 1 aliphatic heterocycles. The van der Waals surface area contributed by atoms with E-state index in [1.54, 1.807) is 0 Å². The molecule has 23 heavy (non-hydrogen) atoms. The highest BCUT2D eigenvalue weighted by Crippen LogP contribution is 2.14. The van der Waals surface area contributed by atoms with E-state index in [1.165, 1.54) is 0 Å². The fourth-order valence-electron chi connectivity index (χ4n) is 3.26. The van der Waals surface area contributed by atoms with Crippen molar-refractivity contribution < 1.29 is 9.53 Å². The SMILES string of the molecule is Cc1nn(C)c(C)c1CC(=O)NC[C@H](C)N1C[C@H](C)O[C@@H](C)C1. The number of carbonyl (C=O) groups excluding carboxylic acids is 1. The van der Waals surface area contributed by atoms with Crippen molar-refractivity contribution in [1.82, 2.24) is 20.0 Å². The first-order chi connectivity index (χ1) is 10.8. The molecule has 0 radical (unpaired) electrons. The van der Waals surface area contributed by atoms with Gasteiger partial charge in [-0.3, -0.25) is 14.4 Å². The lowest BCUT2D eigenvalue weighted by atomic mass is 10.1. The third kappa shape index (κ3) is 4.54. The first kappa shape index (κ1) is 17.9. The summed E-state index contributed by atoms with van der Waals surface area (Å²) < 4.78 is 7.59. The lowest BCUT2D eigenvalue weighted by molar-refractivity contribution is -0.121. The molecule has 0 unspecified atom stereocenters. The van der Waals surface area contributed by atoms with Gasteiger partial charge in [0.05, 0.1) is 24.3 Å². The molecule has 1 saturated heterocycles. The number of carbonyl (C=O) groups is 1. The number of rotatable bonds is 5. The van der Waals surface area contributed by atoms with Crippen LogP contribution in [0.25, 0.3) is 0 Å². The van der Waals surface area contributed by atoms with E-state index in [0.717, 1.165) is 30.0 Å². The number of aryl methyl sites for hydroxylation is 2. The monoisotopic (exact) mass is 322 g/mol. The highest BCUT2D eigenvalue weighted by molar-refractivity contribution is 5.79. The van der Waals surface area contributed by atoms with Crippen molar-refractivity contribution >= 4 is 5.91 Å². The van der Waals surface area contributed by atoms with Crippen molar-refractivity contribution in [3.05, 3.63) is 17.0 Å². The number of morpholine rings is 1. The molecular weight excluding hydrogens is 292 g/mol. The van der Waals surface area contributed by atoms with Crippen molar-refractivity contribution in [2.75, 3.05) is 19.6 Å². The number of ether oxygens (including phenoxy) is 1. The Balaban J connectivity index is 1.84. The van der Waals surface area contributed by atoms with Crippen molar-refractivity contribution in [3.63, 3.8) is 0 Å². The summed E-state index contributed by atoms with van der Waals surface area (Å²) in [6.45, 7) is 12.8. The van der Waals surface area contributed by atoms with Gasteiger partial charge in [-0.15, -0.1) is 0 Å². The lowest BCUT2D eigenvalue weighted by Crippen LogP contribution is -2.52. The van der Waals surface area contributed by atoms with Gasteiger partial charge in [0.2, 0.25) is 5.91 Å². The van der Waals surface area contributed by atoms with Crippen LogP contribution in [0.5, 0.6) is 0 Å². The van der Waals surface area contributed by atoms with Gasteiger partial charge in [-0.1, -0.05) is 0 Å². The lowest BCUT2D eigenvalue weighted by Gasteiger charge is -2.39. The molecule has 0 spiro atoms. The fourth-order valence-corrected chi connectivity index (χ4v) is 3.26. The number of aromatic nitrogens is 2. The van der Waals surface area contributed by atoms with Crippen LogP contribution in [0.3, 0.4) is 0 Å². The van der Waals surface area contributed by atoms with Gasteiger partial charge < -0.3 is 10.1 Å². The van der Waals surface area contributed by atoms with Crippen molar-refractivity contribution in [2.45, 2.75) is 59.3 Å². The summed E-state index contributed by atoms with van der Waals surface area (Å²) in [4.78, 5) is 14.6. The summed E-state index contributed by atoms with van der Waals surface area (Å²) in [5.41, 5.74) is 3.02. The third-order valence-corrected chi connectivity index (χ3v) is 4.66. The summed E-state index contributed by atoms with van der Waals surface area (Å²) in [6, 6.07) is 0.309. The summed E-state index contributed by atoms with van der Waals surface area (Å²) in [5.74, 6) is 0.0606. The van der Waals surface area contributed by atoms with Crippen LogP contribution in [0, 0.1) is 13.8 Å². The molecule has 2 heterocycles. The molecule has 0 aliphatic carbocycles. The molecule has 1 N–H and O–H groups in total. The minimum atomic E-state index is 0.0606. The van der Waals surface area contributed by atoms with E-state index in [9.17, 15) is 4.79 Å². The molecule has 6 heteroatoms. The molecule has 3 atom stereocenters. The summed E-state index contributed by atoms with van der Waals surface area (Å²) >= 11 is 0. The molecule has 1 amide bonds. The van der Waals surface area contributed by atoms with E-state index in [0.29, 0.717) is 19.0 Å². The van der Waals surface area contributed by atoms with Crippen LogP contribution in [0.15, 0.2) is 0 Å². The maximum Gasteiger partial charge on any atom is 0.224 e. The standard InChI is InChI=1S/C17H30N4O2/c1-11(21-9-12(2)23-13(3)10-21)8-18-17(22)7-16-14(4)19-20(6)15(16)5/h11-13H,7-10H2,1-6H3,(H,18,22)/t11-,12-,13-/m0/s1. The van der Waals surface area contributed by atoms with Crippen molar-refractivity contribution in [1.29, 1.82) is 0 Å². The smallest absolute Gasteiger partial charge is 0.224 e. The van der Waals surface area contributed by atoms with Crippen LogP contribution in [-0.2, 0) is 23.0 Å². The topological polar surface area (TPSA) is 59.4 Å². The molecule has 130 valence electrons. The van der Waals surface area contributed by atoms with Gasteiger partial charge in [0, 0.05) is 44.0 Å². The molecule has 0 aromatic carbocycles. The second-order valence-electron chi connectivity index (χ2n) is 6.81. The summed E-state index contributed by atoms with van der Waals surface area (Å²) in [7, 11) is 1.91. The Kier molecular flexibility index (Phi) is 5.81. The number of amides is 1. The van der Waals surface area contributed by atoms with Crippen LogP contribution in [0.4, 0.5) is 0 Å². The zero-order valence-corrected chi connectivity index (χ0v) is 15.2. The molecule has 2 rings (SSSR count). The van der Waals surface area contributed by atoms with E-state index >= 15 is 0 Å². The van der Waals surface area contributed by atoms with Gasteiger partial charge in [-0.2, -0.15) is 5.10 Å². The van der Waals surface area contributed by atoms with Gasteiger partial charge in [0.1, 0.15) is 0 Å². The largest absolute Gasteiger partial charge is 0.373 e. The minimum Gasteiger partial charge on any atom is -0.373 e. The van der Waals surface area contributed by atoms with Gasteiger partial charge >= 0.3 is 0 Å². The molecule has 6 nitrogen and oxygen atoms in total. The minimum absolute atomic E-state index is 0.0606. The zero-order chi connectivity index (χ0) is 17.1. The first-order valence-electron chi connectivity index (χ1n) is 8.43. The van der Waals surface area contributed by atoms with E-state index in [1.807, 2.05) is 25.6 Å². The van der Waals surface area contributed by atoms with Crippen LogP contribution >= 0.6 is 0 Å². The normalized spacial score (nSPS) is 23.7. The maximum atomic E-state index is 12.3. The summed E-state index contributed by atoms with van der Waals surface area (Å²) in [6.07, 6.45) is 0.893. The Morgan fingerprint density at radius 3 is 2.48 bits per heavy atom. The molecular formula is C17H30N4O2. The maximum absolute atomic E-state index is 12.3. The Morgan fingerprint density at radius 1 is 1.35 bits per heavy atom. The Bertz CT molecular complexity index is 545. The van der Waals surface area contributed by atoms with E-state index in [4.69, 9.17) is 4.74 Å². The van der Waals surface area contributed by atoms with Crippen molar-refractivity contribution in [3.8, 4) is 0 Å². The Labute approximate surface area is 139 Å². The zero-order valence-electron chi connectivity index (χ0n) is 15.2. The predicted octanol–water partition coefficient (Wildman–Crippen LogP) is 1.19. The number of hydrogen-bond donors (Lipinski definition) is 1. The van der Waals surface area contributed by atoms with Gasteiger partial charge in [-0.05, 0) is 34.6 Å². The molecule has 0 bridgehead atoms. The van der Waals surface area contributed by atoms with Crippen LogP contribution in [0.1, 0.15) is 37.7 Å². The Morgan fingerprint density at radius 2 is 1.96 bits per heavy atom. The average molecular weight is 322 g/mol. The first-order valence-corrected chi connectivity index (χ1v) is 8.43. The fraction of sp³-hybridized carbons (Fsp3) is 0.765. The predicted molar refractivity (Wildman–Crippen MR) is 90.4 cm³/mol. The second kappa shape index (κ2) is 7.45. The number of hydrogen-bond acceptors (Lipinski definition) is 4. The molecule has 0 saturated carbocycles.